The number of hydrogen-bond donors (Lipinski definition) is 8. The fourth-order valence-corrected chi connectivity index (χ4v) is 2.87. The van der Waals surface area contributed by atoms with E-state index in [1.165, 1.54) is 0 Å². The molecular weight excluding hydrogens is 376 g/mol. The molecule has 4 unspecified atom stereocenters. The second-order valence-corrected chi connectivity index (χ2v) is 6.15. The molecule has 2 aliphatic heterocycles. The van der Waals surface area contributed by atoms with E-state index in [-0.39, 0.29) is 0 Å². The third-order valence-corrected chi connectivity index (χ3v) is 4.35. The summed E-state index contributed by atoms with van der Waals surface area (Å²) in [6, 6.07) is 0. The van der Waals surface area contributed by atoms with Crippen molar-refractivity contribution >= 4 is 5.97 Å². The first kappa shape index (κ1) is 22.3. The first-order chi connectivity index (χ1) is 12.7. The number of hydrogen-bond acceptors (Lipinski definition) is 13. The summed E-state index contributed by atoms with van der Waals surface area (Å²) in [5.74, 6) is -1.13. The van der Waals surface area contributed by atoms with Gasteiger partial charge in [0.1, 0.15) is 49.3 Å². The van der Waals surface area contributed by atoms with Gasteiger partial charge in [-0.25, -0.2) is 4.79 Å². The maximum atomic E-state index is 11.2. The molecule has 8 N–H and O–H groups in total. The van der Waals surface area contributed by atoms with E-state index in [9.17, 15) is 35.4 Å². The molecule has 0 saturated carbocycles. The minimum absolute atomic E-state index is 0.687. The molecule has 2 rings (SSSR count). The van der Waals surface area contributed by atoms with Gasteiger partial charge >= 0.3 is 5.97 Å². The Labute approximate surface area is 152 Å². The smallest absolute Gasteiger partial charge is 0.332 e. The number of rotatable bonds is 6. The van der Waals surface area contributed by atoms with Gasteiger partial charge < -0.3 is 59.8 Å². The molecule has 2 aliphatic rings. The fraction of sp³-hybridized carbons (Fsp3) is 0.929. The number of aliphatic hydroxyl groups is 8. The minimum Gasteiger partial charge on any atom is -0.455 e. The van der Waals surface area contributed by atoms with Crippen molar-refractivity contribution in [3.8, 4) is 0 Å². The monoisotopic (exact) mass is 400 g/mol. The van der Waals surface area contributed by atoms with Crippen LogP contribution in [0.4, 0.5) is 0 Å². The Morgan fingerprint density at radius 3 is 1.93 bits per heavy atom. The lowest BCUT2D eigenvalue weighted by molar-refractivity contribution is -0.362. The fourth-order valence-electron chi connectivity index (χ4n) is 2.87. The van der Waals surface area contributed by atoms with Crippen LogP contribution in [0.1, 0.15) is 0 Å². The third-order valence-electron chi connectivity index (χ3n) is 4.35. The van der Waals surface area contributed by atoms with Gasteiger partial charge in [0.2, 0.25) is 0 Å². The largest absolute Gasteiger partial charge is 0.455 e. The molecule has 0 amide bonds. The summed E-state index contributed by atoms with van der Waals surface area (Å²) in [5, 5.41) is 77.2. The van der Waals surface area contributed by atoms with Gasteiger partial charge in [0.15, 0.2) is 18.7 Å². The summed E-state index contributed by atoms with van der Waals surface area (Å²) in [4.78, 5) is 11.2. The molecule has 0 bridgehead atoms. The highest BCUT2D eigenvalue weighted by Crippen LogP contribution is 2.29. The molecule has 0 aliphatic carbocycles. The van der Waals surface area contributed by atoms with Crippen LogP contribution in [0.3, 0.4) is 0 Å². The summed E-state index contributed by atoms with van der Waals surface area (Å²) >= 11 is 0. The molecule has 0 aromatic carbocycles. The van der Waals surface area contributed by atoms with Crippen LogP contribution in [-0.4, -0.2) is 128 Å². The lowest BCUT2D eigenvalue weighted by atomic mass is 9.97. The van der Waals surface area contributed by atoms with E-state index >= 15 is 0 Å². The van der Waals surface area contributed by atoms with Gasteiger partial charge in [0.05, 0.1) is 13.2 Å². The van der Waals surface area contributed by atoms with Crippen LogP contribution in [0, 0.1) is 0 Å². The van der Waals surface area contributed by atoms with Crippen LogP contribution in [-0.2, 0) is 23.7 Å². The Bertz CT molecular complexity index is 488. The zero-order chi connectivity index (χ0) is 20.3. The summed E-state index contributed by atoms with van der Waals surface area (Å²) in [6.07, 6.45) is -16.3. The zero-order valence-electron chi connectivity index (χ0n) is 14.0. The Hall–Kier alpha value is -0.970. The highest BCUT2D eigenvalue weighted by atomic mass is 16.7. The average Bonchev–Trinajstić information content (AvgIpc) is 2.66. The molecule has 13 heteroatoms. The van der Waals surface area contributed by atoms with Gasteiger partial charge in [0, 0.05) is 0 Å². The van der Waals surface area contributed by atoms with E-state index in [1.54, 1.807) is 0 Å². The summed E-state index contributed by atoms with van der Waals surface area (Å²) in [7, 11) is 0. The second kappa shape index (κ2) is 9.49. The maximum absolute atomic E-state index is 11.2. The zero-order valence-corrected chi connectivity index (χ0v) is 14.0. The standard InChI is InChI=1S/C14H24O13/c15-1-4-7(19)8(20)12(13(23)24-4)27-14-10(22)9(21)11(5(2-16)25-14)26-6(18)3-17/h4-5,7-17,19-23H,1-3H2/t4?,5?,7-,8?,9?,10+,11-,12+,13-,14+/m1/s1. The highest BCUT2D eigenvalue weighted by molar-refractivity contribution is 5.70. The molecule has 0 aromatic rings. The van der Waals surface area contributed by atoms with Crippen molar-refractivity contribution in [2.75, 3.05) is 19.8 Å². The number of ether oxygens (including phenoxy) is 4. The van der Waals surface area contributed by atoms with Crippen LogP contribution in [0.15, 0.2) is 0 Å². The second-order valence-electron chi connectivity index (χ2n) is 6.15. The molecule has 2 saturated heterocycles. The van der Waals surface area contributed by atoms with Gasteiger partial charge in [-0.15, -0.1) is 0 Å². The van der Waals surface area contributed by atoms with Crippen molar-refractivity contribution in [2.45, 2.75) is 61.4 Å². The maximum Gasteiger partial charge on any atom is 0.332 e. The molecule has 0 radical (unpaired) electrons. The number of carbonyl (C=O) groups is 1. The van der Waals surface area contributed by atoms with E-state index in [0.29, 0.717) is 0 Å². The van der Waals surface area contributed by atoms with Gasteiger partial charge in [-0.3, -0.25) is 0 Å². The van der Waals surface area contributed by atoms with Crippen molar-refractivity contribution in [1.82, 2.24) is 0 Å². The van der Waals surface area contributed by atoms with E-state index in [2.05, 4.69) is 0 Å². The summed E-state index contributed by atoms with van der Waals surface area (Å²) < 4.78 is 20.1. The van der Waals surface area contributed by atoms with Gasteiger partial charge in [-0.1, -0.05) is 0 Å². The van der Waals surface area contributed by atoms with E-state index < -0.39 is 87.2 Å². The highest BCUT2D eigenvalue weighted by Gasteiger charge is 2.51. The summed E-state index contributed by atoms with van der Waals surface area (Å²) in [6.45, 7) is -2.46. The SMILES string of the molecule is O=C(CO)O[C@@H]1C(CO)O[C@@H](O[C@H]2C(O)[C@H](O)C(CO)O[C@H]2O)[C@@H](O)C1O. The first-order valence-corrected chi connectivity index (χ1v) is 8.13. The molecule has 158 valence electrons. The molecule has 13 nitrogen and oxygen atoms in total. The number of esters is 1. The predicted molar refractivity (Wildman–Crippen MR) is 79.6 cm³/mol. The first-order valence-electron chi connectivity index (χ1n) is 8.13. The van der Waals surface area contributed by atoms with Crippen LogP contribution < -0.4 is 0 Å². The van der Waals surface area contributed by atoms with Crippen molar-refractivity contribution in [1.29, 1.82) is 0 Å². The summed E-state index contributed by atoms with van der Waals surface area (Å²) in [5.41, 5.74) is 0. The van der Waals surface area contributed by atoms with Crippen LogP contribution in [0.25, 0.3) is 0 Å². The molecule has 27 heavy (non-hydrogen) atoms. The van der Waals surface area contributed by atoms with E-state index in [1.807, 2.05) is 0 Å². The normalized spacial score (nSPS) is 45.5. The predicted octanol–water partition coefficient (Wildman–Crippen LogP) is -5.85. The van der Waals surface area contributed by atoms with Crippen LogP contribution in [0.5, 0.6) is 0 Å². The Kier molecular flexibility index (Phi) is 7.84. The Balaban J connectivity index is 2.09. The van der Waals surface area contributed by atoms with E-state index in [0.717, 1.165) is 0 Å². The van der Waals surface area contributed by atoms with Gasteiger partial charge in [-0.2, -0.15) is 0 Å². The average molecular weight is 400 g/mol. The van der Waals surface area contributed by atoms with Crippen molar-refractivity contribution < 1.29 is 64.6 Å². The lowest BCUT2D eigenvalue weighted by Gasteiger charge is -2.45. The van der Waals surface area contributed by atoms with Crippen molar-refractivity contribution in [3.63, 3.8) is 0 Å². The molecule has 2 heterocycles. The van der Waals surface area contributed by atoms with Gasteiger partial charge in [0.25, 0.3) is 0 Å². The van der Waals surface area contributed by atoms with E-state index in [4.69, 9.17) is 29.2 Å². The number of carbonyl (C=O) groups excluding carboxylic acids is 1. The third kappa shape index (κ3) is 4.72. The molecule has 10 atom stereocenters. The quantitative estimate of drug-likeness (QED) is 0.195. The minimum atomic E-state index is -1.85. The topological polar surface area (TPSA) is 216 Å². The molecular formula is C14H24O13. The van der Waals surface area contributed by atoms with Crippen LogP contribution in [0.2, 0.25) is 0 Å². The van der Waals surface area contributed by atoms with Crippen molar-refractivity contribution in [2.24, 2.45) is 0 Å². The Morgan fingerprint density at radius 1 is 0.778 bits per heavy atom. The molecule has 0 aromatic heterocycles. The lowest BCUT2D eigenvalue weighted by Crippen LogP contribution is -2.64. The Morgan fingerprint density at radius 2 is 1.37 bits per heavy atom. The van der Waals surface area contributed by atoms with Gasteiger partial charge in [-0.05, 0) is 0 Å². The molecule has 2 fully saturated rings. The van der Waals surface area contributed by atoms with Crippen molar-refractivity contribution in [3.05, 3.63) is 0 Å². The van der Waals surface area contributed by atoms with Crippen LogP contribution >= 0.6 is 0 Å². The molecule has 0 spiro atoms. The number of aliphatic hydroxyl groups excluding tert-OH is 8.